The van der Waals surface area contributed by atoms with Gasteiger partial charge in [-0.25, -0.2) is 4.84 Å². The van der Waals surface area contributed by atoms with E-state index in [-0.39, 0.29) is 0 Å². The fraction of sp³-hybridized carbons (Fsp3) is 0.524. The van der Waals surface area contributed by atoms with Gasteiger partial charge in [-0.3, -0.25) is 24.7 Å². The minimum atomic E-state index is -1.62. The van der Waals surface area contributed by atoms with Crippen LogP contribution in [0.2, 0.25) is 0 Å². The van der Waals surface area contributed by atoms with Gasteiger partial charge in [0.15, 0.2) is 18.3 Å². The summed E-state index contributed by atoms with van der Waals surface area (Å²) in [5.41, 5.74) is 4.03. The van der Waals surface area contributed by atoms with Crippen molar-refractivity contribution in [2.24, 2.45) is 0 Å². The summed E-state index contributed by atoms with van der Waals surface area (Å²) in [6, 6.07) is 6.91. The first-order valence-electron chi connectivity index (χ1n) is 12.1. The molecule has 0 bridgehead atoms. The van der Waals surface area contributed by atoms with Crippen molar-refractivity contribution in [3.63, 3.8) is 0 Å². The molecule has 1 saturated heterocycles. The smallest absolute Gasteiger partial charge is 0.303 e. The van der Waals surface area contributed by atoms with E-state index in [1.165, 1.54) is 0 Å². The highest BCUT2D eigenvalue weighted by Crippen LogP contribution is 2.30. The molecule has 1 aromatic carbocycles. The molecule has 2 rings (SSSR count). The molecule has 11 nitrogen and oxygen atoms in total. The number of hydrogen-bond donors (Lipinski definition) is 1. The van der Waals surface area contributed by atoms with Crippen LogP contribution in [0.1, 0.15) is 38.6 Å². The number of carbonyl (C=O) groups excluding carboxylic acids is 4. The third-order valence-corrected chi connectivity index (χ3v) is 4.15. The molecule has 32 heavy (non-hydrogen) atoms. The van der Waals surface area contributed by atoms with Gasteiger partial charge >= 0.3 is 23.9 Å². The third kappa shape index (κ3) is 7.50. The summed E-state index contributed by atoms with van der Waals surface area (Å²) in [6.45, 7) is -1.87. The Balaban J connectivity index is 2.42. The average Bonchev–Trinajstić information content (AvgIpc) is 2.89. The number of benzene rings is 1. The summed E-state index contributed by atoms with van der Waals surface area (Å²) in [4.78, 5) is 53.1. The Kier molecular flexibility index (Phi) is 6.97. The summed E-state index contributed by atoms with van der Waals surface area (Å²) < 4.78 is 55.2. The van der Waals surface area contributed by atoms with Crippen molar-refractivity contribution >= 4 is 29.6 Å². The van der Waals surface area contributed by atoms with Crippen LogP contribution >= 0.6 is 0 Å². The maximum absolute atomic E-state index is 12.0. The molecular formula is C21H27NO10. The van der Waals surface area contributed by atoms with Gasteiger partial charge in [0.1, 0.15) is 12.7 Å². The molecule has 1 unspecified atom stereocenters. The van der Waals surface area contributed by atoms with Gasteiger partial charge in [-0.1, -0.05) is 17.7 Å². The van der Waals surface area contributed by atoms with Gasteiger partial charge in [0.05, 0.1) is 5.69 Å². The molecule has 1 fully saturated rings. The minimum absolute atomic E-state index is 0.467. The van der Waals surface area contributed by atoms with E-state index >= 15 is 0 Å². The van der Waals surface area contributed by atoms with Crippen LogP contribution in [0.5, 0.6) is 0 Å². The van der Waals surface area contributed by atoms with Crippen LogP contribution in [0.4, 0.5) is 5.69 Å². The number of aryl methyl sites for hydroxylation is 1. The number of anilines is 1. The number of rotatable bonds is 8. The Labute approximate surface area is 190 Å². The van der Waals surface area contributed by atoms with Crippen molar-refractivity contribution in [1.82, 2.24) is 0 Å². The first-order chi connectivity index (χ1) is 17.2. The van der Waals surface area contributed by atoms with Crippen LogP contribution in [-0.4, -0.2) is 61.2 Å². The van der Waals surface area contributed by atoms with E-state index in [9.17, 15) is 19.2 Å². The third-order valence-electron chi connectivity index (χ3n) is 4.15. The molecule has 0 spiro atoms. The number of esters is 4. The Morgan fingerprint density at radius 3 is 2.03 bits per heavy atom. The Morgan fingerprint density at radius 2 is 1.44 bits per heavy atom. The van der Waals surface area contributed by atoms with Gasteiger partial charge in [-0.05, 0) is 19.1 Å². The zero-order valence-electron chi connectivity index (χ0n) is 21.3. The fourth-order valence-electron chi connectivity index (χ4n) is 2.89. The number of hydrogen-bond acceptors (Lipinski definition) is 11. The van der Waals surface area contributed by atoms with Crippen LogP contribution in [0, 0.1) is 6.92 Å². The Hall–Kier alpha value is -3.18. The van der Waals surface area contributed by atoms with Crippen LogP contribution in [0.25, 0.3) is 0 Å². The largest absolute Gasteiger partial charge is 0.463 e. The molecular weight excluding hydrogens is 426 g/mol. The minimum Gasteiger partial charge on any atom is -0.463 e. The van der Waals surface area contributed by atoms with Gasteiger partial charge < -0.3 is 23.7 Å². The normalized spacial score (nSPS) is 26.3. The lowest BCUT2D eigenvalue weighted by atomic mass is 9.98. The standard InChI is InChI=1S/C21H27NO10/c1-11-6-8-16(9-7-11)22-32-21-20(30-15(5)26)19(29-14(4)25)18(28-13(3)24)17(31-21)10-27-12(2)23/h6-9,17-22H,10H2,1-5H3/t17-,18+,19+,20-,21?/m1/s1/i2D,3D,4D,5D. The Bertz CT molecular complexity index is 903. The SMILES string of the molecule is [2H]CC(=O)OC[C@H]1OC(ONc2ccc(C)cc2)[C@H](OC(=O)C[2H])[C@@H](OC(=O)C[2H])[C@H]1OC(=O)C[2H]. The number of carbonyl (C=O) groups is 4. The molecule has 0 amide bonds. The summed E-state index contributed by atoms with van der Waals surface area (Å²) in [6.07, 6.45) is -7.67. The van der Waals surface area contributed by atoms with Gasteiger partial charge in [-0.15, -0.1) is 0 Å². The van der Waals surface area contributed by atoms with E-state index in [1.54, 1.807) is 24.3 Å². The Morgan fingerprint density at radius 1 is 0.875 bits per heavy atom. The van der Waals surface area contributed by atoms with E-state index in [4.69, 9.17) is 34.0 Å². The molecule has 176 valence electrons. The quantitative estimate of drug-likeness (QED) is 0.345. The lowest BCUT2D eigenvalue weighted by molar-refractivity contribution is -0.302. The second-order valence-corrected chi connectivity index (χ2v) is 6.68. The van der Waals surface area contributed by atoms with E-state index < -0.39 is 88.8 Å². The molecule has 0 aromatic heterocycles. The van der Waals surface area contributed by atoms with E-state index in [0.717, 1.165) is 5.56 Å². The predicted octanol–water partition coefficient (Wildman–Crippen LogP) is 1.42. The first kappa shape index (κ1) is 19.5. The zero-order valence-corrected chi connectivity index (χ0v) is 17.3. The van der Waals surface area contributed by atoms with Crippen LogP contribution < -0.4 is 5.48 Å². The molecule has 1 aliphatic heterocycles. The topological polar surface area (TPSA) is 136 Å². The average molecular weight is 457 g/mol. The lowest BCUT2D eigenvalue weighted by Crippen LogP contribution is -2.63. The van der Waals surface area contributed by atoms with E-state index in [1.807, 2.05) is 6.92 Å². The van der Waals surface area contributed by atoms with Gasteiger partial charge in [0.25, 0.3) is 0 Å². The summed E-state index contributed by atoms with van der Waals surface area (Å²) in [5, 5.41) is 0. The van der Waals surface area contributed by atoms with E-state index in [0.29, 0.717) is 5.69 Å². The van der Waals surface area contributed by atoms with Crippen molar-refractivity contribution in [2.45, 2.75) is 65.2 Å². The second kappa shape index (κ2) is 11.4. The number of ether oxygens (including phenoxy) is 5. The van der Waals surface area contributed by atoms with Crippen LogP contribution in [0.15, 0.2) is 24.3 Å². The maximum Gasteiger partial charge on any atom is 0.303 e. The molecule has 0 radical (unpaired) electrons. The number of nitrogens with one attached hydrogen (secondary N) is 1. The summed E-state index contributed by atoms with van der Waals surface area (Å²) in [5.74, 6) is -4.12. The van der Waals surface area contributed by atoms with Crippen LogP contribution in [0.3, 0.4) is 0 Å². The highest BCUT2D eigenvalue weighted by Gasteiger charge is 2.53. The monoisotopic (exact) mass is 457 g/mol. The van der Waals surface area contributed by atoms with Gasteiger partial charge in [0, 0.05) is 33.1 Å². The molecule has 1 N–H and O–H groups in total. The molecule has 1 aliphatic rings. The van der Waals surface area contributed by atoms with Crippen molar-refractivity contribution in [3.05, 3.63) is 29.8 Å². The molecule has 0 saturated carbocycles. The molecule has 5 atom stereocenters. The van der Waals surface area contributed by atoms with Crippen molar-refractivity contribution in [1.29, 1.82) is 0 Å². The predicted molar refractivity (Wildman–Crippen MR) is 108 cm³/mol. The van der Waals surface area contributed by atoms with Gasteiger partial charge in [-0.2, -0.15) is 0 Å². The van der Waals surface area contributed by atoms with Gasteiger partial charge in [0.2, 0.25) is 6.29 Å². The summed E-state index contributed by atoms with van der Waals surface area (Å²) >= 11 is 0. The van der Waals surface area contributed by atoms with Crippen LogP contribution in [-0.2, 0) is 47.7 Å². The van der Waals surface area contributed by atoms with Crippen molar-refractivity contribution < 1.29 is 53.2 Å². The molecule has 11 heteroatoms. The van der Waals surface area contributed by atoms with Crippen molar-refractivity contribution in [3.8, 4) is 0 Å². The summed E-state index contributed by atoms with van der Waals surface area (Å²) in [7, 11) is 0. The second-order valence-electron chi connectivity index (χ2n) is 6.68. The maximum atomic E-state index is 12.0. The molecule has 0 aliphatic carbocycles. The highest BCUT2D eigenvalue weighted by atomic mass is 16.8. The van der Waals surface area contributed by atoms with Crippen molar-refractivity contribution in [2.75, 3.05) is 12.1 Å². The highest BCUT2D eigenvalue weighted by molar-refractivity contribution is 5.68. The van der Waals surface area contributed by atoms with E-state index in [2.05, 4.69) is 5.48 Å². The first-order valence-corrected chi connectivity index (χ1v) is 9.27. The fourth-order valence-corrected chi connectivity index (χ4v) is 2.89. The molecule has 1 heterocycles. The zero-order chi connectivity index (χ0) is 26.7. The lowest BCUT2D eigenvalue weighted by Gasteiger charge is -2.43. The molecule has 1 aromatic rings.